The SMILES string of the molecule is C=CCCC(=O)CC(=O)[O-].C=CCCC(=O)CC(=O)[O-].C=CCCC(=O)CC(=O)[O-].[Al+3]. The van der Waals surface area contributed by atoms with Crippen LogP contribution in [0.2, 0.25) is 0 Å². The Bertz CT molecular complexity index is 539. The number of hydrogen-bond acceptors (Lipinski definition) is 9. The smallest absolute Gasteiger partial charge is 0.550 e. The molecule has 0 N–H and O–H groups in total. The van der Waals surface area contributed by atoms with Crippen molar-refractivity contribution in [3.05, 3.63) is 38.0 Å². The van der Waals surface area contributed by atoms with Crippen LogP contribution in [0, 0.1) is 0 Å². The van der Waals surface area contributed by atoms with E-state index in [1.165, 1.54) is 0 Å². The van der Waals surface area contributed by atoms with Crippen LogP contribution in [0.15, 0.2) is 38.0 Å². The Morgan fingerprint density at radius 2 is 0.710 bits per heavy atom. The molecule has 0 fully saturated rings. The Kier molecular flexibility index (Phi) is 28.9. The largest absolute Gasteiger partial charge is 3.00 e. The number of Topliss-reactive ketones (excluding diaryl/α,β-unsaturated/α-hetero) is 3. The Morgan fingerprint density at radius 1 is 0.516 bits per heavy atom. The van der Waals surface area contributed by atoms with Crippen LogP contribution in [0.25, 0.3) is 0 Å². The molecule has 168 valence electrons. The summed E-state index contributed by atoms with van der Waals surface area (Å²) >= 11 is 0. The number of aliphatic carboxylic acids is 3. The molecule has 9 nitrogen and oxygen atoms in total. The van der Waals surface area contributed by atoms with Crippen LogP contribution in [0.1, 0.15) is 57.8 Å². The summed E-state index contributed by atoms with van der Waals surface area (Å²) in [5.74, 6) is -4.85. The van der Waals surface area contributed by atoms with Crippen LogP contribution in [-0.2, 0) is 28.8 Å². The Labute approximate surface area is 192 Å². The first-order valence-corrected chi connectivity index (χ1v) is 8.97. The van der Waals surface area contributed by atoms with Crippen LogP contribution >= 0.6 is 0 Å². The normalized spacial score (nSPS) is 8.52. The number of carboxylic acids is 3. The predicted octanol–water partition coefficient (Wildman–Crippen LogP) is -1.40. The average molecular weight is 450 g/mol. The molecule has 0 saturated heterocycles. The van der Waals surface area contributed by atoms with Crippen molar-refractivity contribution >= 4 is 52.6 Å². The number of carboxylic acid groups (broad SMARTS) is 3. The second kappa shape index (κ2) is 25.2. The van der Waals surface area contributed by atoms with Gasteiger partial charge in [0.25, 0.3) is 0 Å². The molecule has 0 aliphatic rings. The summed E-state index contributed by atoms with van der Waals surface area (Å²) in [5.41, 5.74) is 0. The van der Waals surface area contributed by atoms with E-state index < -0.39 is 37.2 Å². The summed E-state index contributed by atoms with van der Waals surface area (Å²) < 4.78 is 0. The molecule has 0 spiro atoms. The van der Waals surface area contributed by atoms with Gasteiger partial charge in [0.05, 0.1) is 0 Å². The van der Waals surface area contributed by atoms with Gasteiger partial charge in [0.15, 0.2) is 0 Å². The zero-order chi connectivity index (χ0) is 23.9. The van der Waals surface area contributed by atoms with Gasteiger partial charge in [-0.1, -0.05) is 18.2 Å². The maximum absolute atomic E-state index is 10.5. The molecule has 0 aliphatic carbocycles. The van der Waals surface area contributed by atoms with Gasteiger partial charge in [0, 0.05) is 56.4 Å². The fraction of sp³-hybridized carbons (Fsp3) is 0.429. The third-order valence-electron chi connectivity index (χ3n) is 2.91. The number of hydrogen-bond donors (Lipinski definition) is 0. The maximum Gasteiger partial charge on any atom is 3.00 e. The van der Waals surface area contributed by atoms with Gasteiger partial charge in [0.1, 0.15) is 17.3 Å². The Morgan fingerprint density at radius 3 is 0.839 bits per heavy atom. The van der Waals surface area contributed by atoms with Crippen molar-refractivity contribution in [2.75, 3.05) is 0 Å². The van der Waals surface area contributed by atoms with E-state index in [1.54, 1.807) is 18.2 Å². The number of ketones is 3. The first-order chi connectivity index (χ1) is 14.0. The van der Waals surface area contributed by atoms with Gasteiger partial charge in [0.2, 0.25) is 0 Å². The molecule has 0 heterocycles. The van der Waals surface area contributed by atoms with Crippen LogP contribution in [0.4, 0.5) is 0 Å². The van der Waals surface area contributed by atoms with E-state index in [0.29, 0.717) is 19.3 Å². The summed E-state index contributed by atoms with van der Waals surface area (Å²) in [6.07, 6.45) is 5.64. The van der Waals surface area contributed by atoms with Gasteiger partial charge >= 0.3 is 17.4 Å². The topological polar surface area (TPSA) is 172 Å². The minimum Gasteiger partial charge on any atom is -0.550 e. The van der Waals surface area contributed by atoms with E-state index in [9.17, 15) is 44.1 Å². The fourth-order valence-electron chi connectivity index (χ4n) is 1.54. The third-order valence-corrected chi connectivity index (χ3v) is 2.91. The predicted molar refractivity (Wildman–Crippen MR) is 108 cm³/mol. The van der Waals surface area contributed by atoms with Gasteiger partial charge < -0.3 is 29.7 Å². The molecule has 0 bridgehead atoms. The van der Waals surface area contributed by atoms with Gasteiger partial charge in [-0.3, -0.25) is 14.4 Å². The Balaban J connectivity index is -0.000000174. The van der Waals surface area contributed by atoms with Gasteiger partial charge in [-0.05, 0) is 19.3 Å². The molecule has 0 amide bonds. The monoisotopic (exact) mass is 450 g/mol. The van der Waals surface area contributed by atoms with E-state index in [0.717, 1.165) is 0 Å². The van der Waals surface area contributed by atoms with Crippen LogP contribution in [-0.4, -0.2) is 52.6 Å². The van der Waals surface area contributed by atoms with Crippen LogP contribution in [0.3, 0.4) is 0 Å². The number of rotatable bonds is 15. The molecular formula is C21H27AlO9. The minimum atomic E-state index is -1.31. The van der Waals surface area contributed by atoms with Gasteiger partial charge in [-0.15, -0.1) is 19.7 Å². The summed E-state index contributed by atoms with van der Waals surface area (Å²) in [4.78, 5) is 61.1. The molecule has 0 aliphatic heterocycles. The summed E-state index contributed by atoms with van der Waals surface area (Å²) in [6, 6.07) is 0. The van der Waals surface area contributed by atoms with Crippen molar-refractivity contribution < 1.29 is 44.1 Å². The third kappa shape index (κ3) is 38.4. The number of carbonyl (C=O) groups excluding carboxylic acids is 6. The van der Waals surface area contributed by atoms with E-state index in [1.807, 2.05) is 0 Å². The van der Waals surface area contributed by atoms with Crippen LogP contribution in [0.5, 0.6) is 0 Å². The second-order valence-corrected chi connectivity index (χ2v) is 5.74. The molecule has 0 saturated carbocycles. The molecule has 0 aromatic heterocycles. The molecule has 0 rings (SSSR count). The van der Waals surface area contributed by atoms with E-state index in [4.69, 9.17) is 0 Å². The molecule has 0 radical (unpaired) electrons. The van der Waals surface area contributed by atoms with E-state index >= 15 is 0 Å². The van der Waals surface area contributed by atoms with Crippen molar-refractivity contribution in [3.63, 3.8) is 0 Å². The minimum absolute atomic E-state index is 0. The zero-order valence-electron chi connectivity index (χ0n) is 17.5. The summed E-state index contributed by atoms with van der Waals surface area (Å²) in [5, 5.41) is 29.4. The maximum atomic E-state index is 10.5. The number of allylic oxidation sites excluding steroid dienone is 3. The molecule has 0 aromatic carbocycles. The van der Waals surface area contributed by atoms with Crippen molar-refractivity contribution in [1.29, 1.82) is 0 Å². The quantitative estimate of drug-likeness (QED) is 0.165. The molecule has 10 heteroatoms. The zero-order valence-corrected chi connectivity index (χ0v) is 18.6. The fourth-order valence-corrected chi connectivity index (χ4v) is 1.54. The van der Waals surface area contributed by atoms with Crippen molar-refractivity contribution in [1.82, 2.24) is 0 Å². The first-order valence-electron chi connectivity index (χ1n) is 8.97. The van der Waals surface area contributed by atoms with Crippen molar-refractivity contribution in [2.24, 2.45) is 0 Å². The van der Waals surface area contributed by atoms with Crippen molar-refractivity contribution in [2.45, 2.75) is 57.8 Å². The van der Waals surface area contributed by atoms with Gasteiger partial charge in [-0.2, -0.15) is 0 Å². The number of carbonyl (C=O) groups is 6. The molecular weight excluding hydrogens is 423 g/mol. The molecule has 0 unspecified atom stereocenters. The first kappa shape index (κ1) is 35.6. The Hall–Kier alpha value is -2.83. The summed E-state index contributed by atoms with van der Waals surface area (Å²) in [6.45, 7) is 10.2. The standard InChI is InChI=1S/3C7H10O3.Al/c3*1-2-3-4-6(8)5-7(9)10;/h3*2H,1,3-5H2,(H,9,10);/q;;;+3/p-3. The summed E-state index contributed by atoms with van der Waals surface area (Å²) in [7, 11) is 0. The van der Waals surface area contributed by atoms with E-state index in [-0.39, 0.29) is 54.0 Å². The van der Waals surface area contributed by atoms with Gasteiger partial charge in [-0.25, -0.2) is 0 Å². The molecule has 0 atom stereocenters. The average Bonchev–Trinajstić information content (AvgIpc) is 2.62. The van der Waals surface area contributed by atoms with Crippen molar-refractivity contribution in [3.8, 4) is 0 Å². The van der Waals surface area contributed by atoms with E-state index in [2.05, 4.69) is 19.7 Å². The molecule has 0 aromatic rings. The van der Waals surface area contributed by atoms with Crippen LogP contribution < -0.4 is 15.3 Å². The second-order valence-electron chi connectivity index (χ2n) is 5.74. The molecule has 31 heavy (non-hydrogen) atoms.